The van der Waals surface area contributed by atoms with Crippen LogP contribution >= 0.6 is 23.4 Å². The Labute approximate surface area is 508 Å². The molecule has 86 heavy (non-hydrogen) atoms. The Hall–Kier alpha value is -6.24. The molecule has 476 valence electrons. The van der Waals surface area contributed by atoms with Gasteiger partial charge in [-0.25, -0.2) is 14.4 Å². The zero-order valence-electron chi connectivity index (χ0n) is 50.1. The Kier molecular flexibility index (Phi) is 24.5. The maximum Gasteiger partial charge on any atom is 0.409 e. The first kappa shape index (κ1) is 68.9. The number of anilines is 1. The number of alkyl carbamates (subject to hydrolysis) is 1. The summed E-state index contributed by atoms with van der Waals surface area (Å²) in [5, 5.41) is 16.9. The van der Waals surface area contributed by atoms with Crippen molar-refractivity contribution in [1.29, 1.82) is 0 Å². The lowest BCUT2D eigenvalue weighted by molar-refractivity contribution is -0.199. The number of allylic oxidation sites excluding steroid dienone is 3. The van der Waals surface area contributed by atoms with E-state index in [0.29, 0.717) is 22.9 Å². The number of carbonyl (C=O) groups excluding carboxylic acids is 10. The van der Waals surface area contributed by atoms with Gasteiger partial charge in [-0.1, -0.05) is 56.2 Å². The molecular weight excluding hydrogens is 1170 g/mol. The molecule has 0 spiro atoms. The van der Waals surface area contributed by atoms with Gasteiger partial charge in [0.25, 0.3) is 11.8 Å². The van der Waals surface area contributed by atoms with E-state index >= 15 is 0 Å². The molecule has 6 rings (SSSR count). The number of methoxy groups -OCH3 is 2. The molecule has 4 saturated heterocycles. The Morgan fingerprint density at radius 3 is 2.30 bits per heavy atom. The zero-order chi connectivity index (χ0) is 63.3. The molecule has 9 atom stereocenters. The summed E-state index contributed by atoms with van der Waals surface area (Å²) >= 11 is 8.07. The number of fused-ring (bicyclic) bond motifs is 5. The van der Waals surface area contributed by atoms with Gasteiger partial charge >= 0.3 is 18.0 Å². The highest BCUT2D eigenvalue weighted by molar-refractivity contribution is 8.02. The molecule has 3 N–H and O–H groups in total. The first-order chi connectivity index (χ1) is 40.6. The predicted octanol–water partition coefficient (Wildman–Crippen LogP) is 3.38. The number of epoxide rings is 1. The summed E-state index contributed by atoms with van der Waals surface area (Å²) < 4.78 is 49.5. The van der Waals surface area contributed by atoms with E-state index in [1.165, 1.54) is 56.8 Å². The number of likely N-dealkylation sites (N-methyl/N-ethyl adjacent to an activating group) is 1. The van der Waals surface area contributed by atoms with Crippen molar-refractivity contribution in [2.24, 2.45) is 5.92 Å². The number of nitrogens with zero attached hydrogens (tertiary/aromatic N) is 4. The largest absolute Gasteiger partial charge is 0.495 e. The Morgan fingerprint density at radius 1 is 0.953 bits per heavy atom. The summed E-state index contributed by atoms with van der Waals surface area (Å²) in [7, 11) is 5.84. The van der Waals surface area contributed by atoms with Gasteiger partial charge in [-0.05, 0) is 51.3 Å². The molecule has 5 aliphatic rings. The monoisotopic (exact) mass is 1250 g/mol. The van der Waals surface area contributed by atoms with Gasteiger partial charge in [-0.15, -0.1) is 16.8 Å². The topological polar surface area (TPSA) is 324 Å². The number of ether oxygens (including phenoxy) is 9. The van der Waals surface area contributed by atoms with Crippen LogP contribution in [0.4, 0.5) is 10.5 Å². The van der Waals surface area contributed by atoms with Gasteiger partial charge < -0.3 is 67.7 Å². The lowest BCUT2D eigenvalue weighted by atomic mass is 9.83. The van der Waals surface area contributed by atoms with Crippen molar-refractivity contribution in [2.45, 2.75) is 158 Å². The highest BCUT2D eigenvalue weighted by Gasteiger charge is 2.64. The van der Waals surface area contributed by atoms with Crippen LogP contribution in [0.2, 0.25) is 5.02 Å². The van der Waals surface area contributed by atoms with E-state index in [1.807, 2.05) is 26.8 Å². The van der Waals surface area contributed by atoms with Crippen molar-refractivity contribution in [1.82, 2.24) is 25.5 Å². The number of hydroxylamine groups is 2. The van der Waals surface area contributed by atoms with E-state index in [-0.39, 0.29) is 103 Å². The smallest absolute Gasteiger partial charge is 0.409 e. The average molecular weight is 1250 g/mol. The van der Waals surface area contributed by atoms with Crippen LogP contribution in [0.15, 0.2) is 35.9 Å². The SMILES string of the molecule is COc1cc2cc(c1Cl)N(C)C(=O)C[C@H](OC(=O)[C@@H](C)N(C)C(=O)CCC(C)(C)SC1CC(=O)N(CCC(=O)NCCOCOCOCOCCC(=O)ON3C(=O)CCC3=O)C1=O)[C@]1(C)O[C@H]1[C@H](C)[C@@H]1C[C@@](O)(NC(=O)O1)[C@H](OC)/C=C/C=C(\C)C2. The average Bonchev–Trinajstić information content (AvgIpc) is 1.77. The van der Waals surface area contributed by atoms with E-state index in [1.54, 1.807) is 38.1 Å². The van der Waals surface area contributed by atoms with Crippen molar-refractivity contribution in [2.75, 3.05) is 79.9 Å². The van der Waals surface area contributed by atoms with Gasteiger partial charge in [-0.2, -0.15) is 0 Å². The molecule has 8 amide bonds. The molecular formula is C57H79ClN6O21S. The number of nitrogens with one attached hydrogen (secondary N) is 2. The number of carbonyl (C=O) groups is 10. The Balaban J connectivity index is 0.964. The van der Waals surface area contributed by atoms with Crippen LogP contribution in [-0.2, 0) is 92.3 Å². The third-order valence-corrected chi connectivity index (χ3v) is 17.3. The second-order valence-corrected chi connectivity index (χ2v) is 24.6. The number of esters is 1. The van der Waals surface area contributed by atoms with Crippen LogP contribution in [0.25, 0.3) is 0 Å². The first-order valence-corrected chi connectivity index (χ1v) is 29.4. The van der Waals surface area contributed by atoms with Crippen LogP contribution in [0, 0.1) is 5.92 Å². The highest BCUT2D eigenvalue weighted by atomic mass is 35.5. The fraction of sp³-hybridized carbons (Fsp3) is 0.649. The molecule has 0 radical (unpaired) electrons. The molecule has 0 aliphatic carbocycles. The van der Waals surface area contributed by atoms with E-state index in [0.717, 1.165) is 16.0 Å². The number of aliphatic hydroxyl groups is 1. The van der Waals surface area contributed by atoms with Crippen molar-refractivity contribution >= 4 is 88.4 Å². The first-order valence-electron chi connectivity index (χ1n) is 28.1. The lowest BCUT2D eigenvalue weighted by Gasteiger charge is -2.42. The summed E-state index contributed by atoms with van der Waals surface area (Å²) in [5.41, 5.74) is -1.27. The van der Waals surface area contributed by atoms with E-state index in [4.69, 9.17) is 59.1 Å². The van der Waals surface area contributed by atoms with Gasteiger partial charge in [0.05, 0.1) is 50.2 Å². The van der Waals surface area contributed by atoms with Gasteiger partial charge in [0.1, 0.15) is 54.3 Å². The predicted molar refractivity (Wildman–Crippen MR) is 305 cm³/mol. The van der Waals surface area contributed by atoms with Crippen LogP contribution in [0.5, 0.6) is 5.75 Å². The fourth-order valence-electron chi connectivity index (χ4n) is 10.1. The van der Waals surface area contributed by atoms with Crippen molar-refractivity contribution in [3.8, 4) is 5.75 Å². The fourth-order valence-corrected chi connectivity index (χ4v) is 11.9. The molecule has 4 fully saturated rings. The number of hydrogen-bond donors (Lipinski definition) is 3. The summed E-state index contributed by atoms with van der Waals surface area (Å²) in [6.45, 7) is 9.80. The van der Waals surface area contributed by atoms with E-state index < -0.39 is 124 Å². The third-order valence-electron chi connectivity index (χ3n) is 15.4. The van der Waals surface area contributed by atoms with Crippen LogP contribution < -0.4 is 20.3 Å². The van der Waals surface area contributed by atoms with E-state index in [2.05, 4.69) is 10.6 Å². The number of thioether (sulfide) groups is 1. The Bertz CT molecular complexity index is 2750. The van der Waals surface area contributed by atoms with Crippen molar-refractivity contribution < 1.29 is 101 Å². The number of hydrogen-bond acceptors (Lipinski definition) is 22. The number of rotatable bonds is 26. The number of likely N-dealkylation sites (tertiary alicyclic amines) is 1. The molecule has 0 saturated carbocycles. The summed E-state index contributed by atoms with van der Waals surface area (Å²) in [6.07, 6.45) is -0.112. The molecule has 1 aromatic rings. The van der Waals surface area contributed by atoms with Crippen LogP contribution in [-0.4, -0.2) is 206 Å². The zero-order valence-corrected chi connectivity index (χ0v) is 51.7. The lowest BCUT2D eigenvalue weighted by Crippen LogP contribution is -2.63. The Morgan fingerprint density at radius 2 is 1.63 bits per heavy atom. The second kappa shape index (κ2) is 30.6. The maximum absolute atomic E-state index is 14.4. The minimum absolute atomic E-state index is 0.0113. The van der Waals surface area contributed by atoms with Gasteiger partial charge in [-0.3, -0.25) is 43.8 Å². The quantitative estimate of drug-likeness (QED) is 0.0393. The van der Waals surface area contributed by atoms with Crippen LogP contribution in [0.3, 0.4) is 0 Å². The van der Waals surface area contributed by atoms with Crippen LogP contribution in [0.1, 0.15) is 105 Å². The summed E-state index contributed by atoms with van der Waals surface area (Å²) in [6, 6.07) is 2.35. The standard InChI is InChI=1S/C57H79ClN6O21S/c1-33-12-11-13-41(77-10)57(75)29-39(82-54(74)60-57)34(2)51-56(6,84-51)42(28-47(69)62(8)37-25-36(24-33)26-38(76-9)50(37)58)83-53(73)35(3)61(7)44(66)16-19-55(4,5)86-40-27-48(70)63(52(40)72)21-17-43(65)59-20-23-79-31-81-32-80-30-78-22-18-49(71)85-64-45(67)14-15-46(64)68/h11-13,25-26,34-35,39-42,51,75H,14-24,27-32H2,1-10H3,(H,59,65)(H,60,74)/b13-11+,33-12+/t34-,35-,39+,40?,41-,42+,51+,56+,57+/m1/s1. The molecule has 5 heterocycles. The van der Waals surface area contributed by atoms with Crippen molar-refractivity contribution in [3.63, 3.8) is 0 Å². The number of imide groups is 2. The minimum Gasteiger partial charge on any atom is -0.495 e. The second-order valence-electron chi connectivity index (χ2n) is 22.3. The molecule has 29 heteroatoms. The van der Waals surface area contributed by atoms with Gasteiger partial charge in [0.15, 0.2) is 12.5 Å². The normalized spacial score (nSPS) is 26.7. The third kappa shape index (κ3) is 18.2. The van der Waals surface area contributed by atoms with Gasteiger partial charge in [0, 0.05) is 83.5 Å². The summed E-state index contributed by atoms with van der Waals surface area (Å²) in [4.78, 5) is 138. The van der Waals surface area contributed by atoms with E-state index in [9.17, 15) is 53.1 Å². The highest BCUT2D eigenvalue weighted by Crippen LogP contribution is 2.49. The number of halogens is 1. The maximum atomic E-state index is 14.4. The molecule has 1 aromatic carbocycles. The number of benzene rings is 1. The molecule has 4 bridgehead atoms. The molecule has 0 aromatic heterocycles. The molecule has 5 aliphatic heterocycles. The summed E-state index contributed by atoms with van der Waals surface area (Å²) in [5.74, 6) is -5.37. The van der Waals surface area contributed by atoms with Crippen molar-refractivity contribution in [3.05, 3.63) is 46.5 Å². The minimum atomic E-state index is -1.90. The van der Waals surface area contributed by atoms with Gasteiger partial charge in [0.2, 0.25) is 29.5 Å². The molecule has 27 nitrogen and oxygen atoms in total. The molecule has 1 unspecified atom stereocenters. The number of amides is 8.